The van der Waals surface area contributed by atoms with Gasteiger partial charge in [0.05, 0.1) is 27.9 Å². The van der Waals surface area contributed by atoms with Gasteiger partial charge in [-0.2, -0.15) is 0 Å². The predicted molar refractivity (Wildman–Crippen MR) is 124 cm³/mol. The summed E-state index contributed by atoms with van der Waals surface area (Å²) in [6.45, 7) is 9.81. The Bertz CT molecular complexity index is 1120. The smallest absolute Gasteiger partial charge is 0.257 e. The number of halogens is 1. The van der Waals surface area contributed by atoms with Crippen LogP contribution in [0.5, 0.6) is 0 Å². The van der Waals surface area contributed by atoms with E-state index in [1.165, 1.54) is 18.2 Å². The molecule has 0 aliphatic carbocycles. The highest BCUT2D eigenvalue weighted by atomic mass is 35.5. The van der Waals surface area contributed by atoms with Crippen molar-refractivity contribution in [3.8, 4) is 0 Å². The molecule has 1 fully saturated rings. The van der Waals surface area contributed by atoms with Crippen LogP contribution in [0, 0.1) is 5.92 Å². The van der Waals surface area contributed by atoms with Crippen molar-refractivity contribution < 1.29 is 18.0 Å². The molecule has 2 aromatic carbocycles. The van der Waals surface area contributed by atoms with E-state index in [0.29, 0.717) is 0 Å². The van der Waals surface area contributed by atoms with Crippen molar-refractivity contribution in [3.05, 3.63) is 58.1 Å². The van der Waals surface area contributed by atoms with Crippen LogP contribution in [-0.4, -0.2) is 26.0 Å². The van der Waals surface area contributed by atoms with Gasteiger partial charge in [0, 0.05) is 5.69 Å². The monoisotopic (exact) mass is 462 g/mol. The Morgan fingerprint density at radius 3 is 2.13 bits per heavy atom. The van der Waals surface area contributed by atoms with Crippen LogP contribution in [-0.2, 0) is 14.8 Å². The van der Waals surface area contributed by atoms with Crippen molar-refractivity contribution in [1.82, 2.24) is 0 Å². The summed E-state index contributed by atoms with van der Waals surface area (Å²) < 4.78 is 25.5. The molecule has 8 heteroatoms. The van der Waals surface area contributed by atoms with Gasteiger partial charge in [0.15, 0.2) is 0 Å². The third kappa shape index (κ3) is 4.48. The van der Waals surface area contributed by atoms with Crippen LogP contribution < -0.4 is 9.62 Å². The van der Waals surface area contributed by atoms with Crippen molar-refractivity contribution in [3.63, 3.8) is 0 Å². The zero-order valence-electron chi connectivity index (χ0n) is 18.3. The van der Waals surface area contributed by atoms with Gasteiger partial charge >= 0.3 is 0 Å². The molecular formula is C23H27ClN2O4S. The first-order valence-electron chi connectivity index (χ1n) is 10.2. The van der Waals surface area contributed by atoms with E-state index in [0.717, 1.165) is 21.1 Å². The zero-order valence-corrected chi connectivity index (χ0v) is 19.8. The van der Waals surface area contributed by atoms with E-state index in [9.17, 15) is 18.0 Å². The topological polar surface area (TPSA) is 83.6 Å². The van der Waals surface area contributed by atoms with Gasteiger partial charge in [0.25, 0.3) is 5.91 Å². The normalized spacial score (nSPS) is 18.1. The number of hydrogen-bond donors (Lipinski definition) is 1. The molecule has 0 bridgehead atoms. The molecule has 6 nitrogen and oxygen atoms in total. The number of benzene rings is 2. The molecule has 1 aliphatic rings. The molecule has 166 valence electrons. The summed E-state index contributed by atoms with van der Waals surface area (Å²) in [5.74, 6) is -1.33. The molecule has 2 aromatic rings. The number of para-hydroxylation sites is 1. The second kappa shape index (κ2) is 8.63. The number of anilines is 2. The lowest BCUT2D eigenvalue weighted by molar-refractivity contribution is -0.119. The second-order valence-corrected chi connectivity index (χ2v) is 10.8. The summed E-state index contributed by atoms with van der Waals surface area (Å²) in [6.07, 6.45) is 0. The molecule has 1 atom stereocenters. The predicted octanol–water partition coefficient (Wildman–Crippen LogP) is 5.15. The molecule has 0 saturated carbocycles. The average Bonchev–Trinajstić information content (AvgIpc) is 2.87. The van der Waals surface area contributed by atoms with E-state index in [1.54, 1.807) is 6.92 Å². The van der Waals surface area contributed by atoms with Crippen LogP contribution in [0.15, 0.2) is 36.4 Å². The van der Waals surface area contributed by atoms with Crippen molar-refractivity contribution in [1.29, 1.82) is 0 Å². The fraction of sp³-hybridized carbons (Fsp3) is 0.391. The van der Waals surface area contributed by atoms with Crippen LogP contribution in [0.1, 0.15) is 67.9 Å². The Balaban J connectivity index is 1.96. The van der Waals surface area contributed by atoms with Crippen LogP contribution in [0.25, 0.3) is 0 Å². The third-order valence-electron chi connectivity index (χ3n) is 5.40. The highest BCUT2D eigenvalue weighted by molar-refractivity contribution is 7.94. The lowest BCUT2D eigenvalue weighted by Crippen LogP contribution is -2.30. The summed E-state index contributed by atoms with van der Waals surface area (Å²) in [6, 6.07) is 10.2. The Morgan fingerprint density at radius 1 is 1.10 bits per heavy atom. The van der Waals surface area contributed by atoms with Crippen molar-refractivity contribution in [2.75, 3.05) is 15.4 Å². The Labute approximate surface area is 188 Å². The van der Waals surface area contributed by atoms with E-state index in [-0.39, 0.29) is 33.9 Å². The quantitative estimate of drug-likeness (QED) is 0.665. The number of hydrogen-bond acceptors (Lipinski definition) is 4. The number of carbonyl (C=O) groups excluding carboxylic acids is 2. The standard InChI is InChI=1S/C23H27ClN2O4S/c1-13(2)17-7-6-8-18(14(3)4)21(17)25-22(27)19-10-9-16(11-20(19)24)26-23(28)15(5)12-31(26,29)30/h6-11,13-15H,12H2,1-5H3,(H,25,27). The lowest BCUT2D eigenvalue weighted by atomic mass is 9.92. The number of nitrogens with one attached hydrogen (secondary N) is 1. The number of rotatable bonds is 5. The van der Waals surface area contributed by atoms with E-state index in [4.69, 9.17) is 11.6 Å². The number of sulfonamides is 1. The third-order valence-corrected chi connectivity index (χ3v) is 7.58. The Hall–Kier alpha value is -2.38. The van der Waals surface area contributed by atoms with Crippen LogP contribution in [0.2, 0.25) is 5.02 Å². The molecule has 0 spiro atoms. The molecule has 1 unspecified atom stereocenters. The van der Waals surface area contributed by atoms with Gasteiger partial charge in [0.2, 0.25) is 15.9 Å². The lowest BCUT2D eigenvalue weighted by Gasteiger charge is -2.21. The molecule has 0 radical (unpaired) electrons. The first-order chi connectivity index (χ1) is 14.4. The van der Waals surface area contributed by atoms with Gasteiger partial charge in [0.1, 0.15) is 0 Å². The van der Waals surface area contributed by atoms with E-state index >= 15 is 0 Å². The highest BCUT2D eigenvalue weighted by Gasteiger charge is 2.42. The maximum absolute atomic E-state index is 13.1. The van der Waals surface area contributed by atoms with Gasteiger partial charge < -0.3 is 5.32 Å². The van der Waals surface area contributed by atoms with Crippen LogP contribution in [0.3, 0.4) is 0 Å². The maximum Gasteiger partial charge on any atom is 0.257 e. The highest BCUT2D eigenvalue weighted by Crippen LogP contribution is 2.34. The largest absolute Gasteiger partial charge is 0.321 e. The van der Waals surface area contributed by atoms with Crippen LogP contribution >= 0.6 is 11.6 Å². The molecule has 1 N–H and O–H groups in total. The average molecular weight is 463 g/mol. The van der Waals surface area contributed by atoms with Gasteiger partial charge in [-0.15, -0.1) is 0 Å². The maximum atomic E-state index is 13.1. The molecule has 0 aromatic heterocycles. The summed E-state index contributed by atoms with van der Waals surface area (Å²) in [4.78, 5) is 25.4. The number of amides is 2. The fourth-order valence-corrected chi connectivity index (χ4v) is 5.85. The minimum Gasteiger partial charge on any atom is -0.321 e. The van der Waals surface area contributed by atoms with E-state index in [2.05, 4.69) is 33.0 Å². The molecule has 31 heavy (non-hydrogen) atoms. The van der Waals surface area contributed by atoms with Crippen molar-refractivity contribution in [2.45, 2.75) is 46.5 Å². The van der Waals surface area contributed by atoms with Gasteiger partial charge in [-0.05, 0) is 41.2 Å². The second-order valence-electron chi connectivity index (χ2n) is 8.52. The SMILES string of the molecule is CC1CS(=O)(=O)N(c2ccc(C(=O)Nc3c(C(C)C)cccc3C(C)C)c(Cl)c2)C1=O. The Morgan fingerprint density at radius 2 is 1.68 bits per heavy atom. The molecule has 1 aliphatic heterocycles. The van der Waals surface area contributed by atoms with E-state index in [1.807, 2.05) is 18.2 Å². The summed E-state index contributed by atoms with van der Waals surface area (Å²) in [7, 11) is -3.74. The first kappa shape index (κ1) is 23.3. The summed E-state index contributed by atoms with van der Waals surface area (Å²) in [5, 5.41) is 3.07. The number of carbonyl (C=O) groups is 2. The minimum absolute atomic E-state index is 0.0747. The molecule has 1 saturated heterocycles. The molecule has 1 heterocycles. The van der Waals surface area contributed by atoms with Crippen LogP contribution in [0.4, 0.5) is 11.4 Å². The van der Waals surface area contributed by atoms with Crippen molar-refractivity contribution >= 4 is 44.8 Å². The molecular weight excluding hydrogens is 436 g/mol. The summed E-state index contributed by atoms with van der Waals surface area (Å²) >= 11 is 6.36. The minimum atomic E-state index is -3.74. The Kier molecular flexibility index (Phi) is 6.48. The summed E-state index contributed by atoms with van der Waals surface area (Å²) in [5.41, 5.74) is 3.16. The van der Waals surface area contributed by atoms with Gasteiger partial charge in [-0.3, -0.25) is 9.59 Å². The van der Waals surface area contributed by atoms with Gasteiger partial charge in [-0.25, -0.2) is 12.7 Å². The zero-order chi connectivity index (χ0) is 23.1. The first-order valence-corrected chi connectivity index (χ1v) is 12.2. The van der Waals surface area contributed by atoms with E-state index < -0.39 is 27.8 Å². The van der Waals surface area contributed by atoms with Gasteiger partial charge in [-0.1, -0.05) is 64.4 Å². The number of nitrogens with zero attached hydrogens (tertiary/aromatic N) is 1. The fourth-order valence-electron chi connectivity index (χ4n) is 3.78. The van der Waals surface area contributed by atoms with Crippen molar-refractivity contribution in [2.24, 2.45) is 5.92 Å². The molecule has 3 rings (SSSR count). The molecule has 2 amide bonds.